The van der Waals surface area contributed by atoms with Gasteiger partial charge in [-0.15, -0.1) is 0 Å². The number of primary amides is 1. The number of rotatable bonds is 7. The highest BCUT2D eigenvalue weighted by atomic mass is 16.5. The van der Waals surface area contributed by atoms with Crippen molar-refractivity contribution in [2.75, 3.05) is 11.9 Å². The first-order chi connectivity index (χ1) is 12.3. The molecule has 2 rings (SSSR count). The molecule has 0 atom stereocenters. The zero-order valence-electron chi connectivity index (χ0n) is 15.3. The highest BCUT2D eigenvalue weighted by Crippen LogP contribution is 2.27. The topological polar surface area (TPSA) is 93.4 Å². The third-order valence-electron chi connectivity index (χ3n) is 3.86. The highest BCUT2D eigenvalue weighted by molar-refractivity contribution is 5.87. The van der Waals surface area contributed by atoms with Gasteiger partial charge < -0.3 is 21.1 Å². The Hall–Kier alpha value is -3.02. The molecule has 0 saturated carbocycles. The van der Waals surface area contributed by atoms with E-state index in [-0.39, 0.29) is 12.5 Å². The number of nitrogens with two attached hydrogens (primary N) is 1. The average molecular weight is 355 g/mol. The van der Waals surface area contributed by atoms with Crippen molar-refractivity contribution < 1.29 is 14.3 Å². The maximum absolute atomic E-state index is 12.1. The van der Waals surface area contributed by atoms with Crippen LogP contribution in [-0.2, 0) is 11.3 Å². The van der Waals surface area contributed by atoms with Gasteiger partial charge in [-0.3, -0.25) is 4.79 Å². The summed E-state index contributed by atoms with van der Waals surface area (Å²) in [7, 11) is 0. The third kappa shape index (κ3) is 5.81. The maximum Gasteiger partial charge on any atom is 0.316 e. The number of urea groups is 1. The molecule has 0 saturated heterocycles. The zero-order chi connectivity index (χ0) is 19.1. The Balaban J connectivity index is 1.86. The Bertz CT molecular complexity index is 770. The van der Waals surface area contributed by atoms with E-state index in [4.69, 9.17) is 10.5 Å². The number of hydrogen-bond donors (Lipinski definition) is 3. The van der Waals surface area contributed by atoms with E-state index < -0.39 is 6.03 Å². The van der Waals surface area contributed by atoms with Gasteiger partial charge in [0.2, 0.25) is 0 Å². The van der Waals surface area contributed by atoms with E-state index in [1.54, 1.807) is 12.1 Å². The van der Waals surface area contributed by atoms with E-state index >= 15 is 0 Å². The van der Waals surface area contributed by atoms with E-state index in [0.29, 0.717) is 18.2 Å². The van der Waals surface area contributed by atoms with Crippen molar-refractivity contribution in [3.8, 4) is 5.75 Å². The molecule has 26 heavy (non-hydrogen) atoms. The first-order valence-corrected chi connectivity index (χ1v) is 8.50. The van der Waals surface area contributed by atoms with Crippen LogP contribution in [0.25, 0.3) is 0 Å². The fraction of sp³-hybridized carbons (Fsp3) is 0.300. The van der Waals surface area contributed by atoms with Crippen molar-refractivity contribution in [2.24, 2.45) is 5.73 Å². The molecule has 3 amide bonds. The fourth-order valence-electron chi connectivity index (χ4n) is 2.49. The monoisotopic (exact) mass is 355 g/mol. The molecule has 0 aliphatic heterocycles. The standard InChI is InChI=1S/C20H25N3O3/c1-13(2)17-9-4-14(3)10-18(17)26-12-19(24)22-11-15-5-7-16(8-6-15)23-20(21)25/h4-10,13H,11-12H2,1-3H3,(H,22,24)(H3,21,23,25). The minimum atomic E-state index is -0.611. The van der Waals surface area contributed by atoms with E-state index in [9.17, 15) is 9.59 Å². The quantitative estimate of drug-likeness (QED) is 0.711. The molecule has 0 radical (unpaired) electrons. The molecule has 0 aliphatic rings. The number of ether oxygens (including phenoxy) is 1. The molecule has 4 N–H and O–H groups in total. The molecule has 2 aromatic rings. The molecule has 2 aromatic carbocycles. The lowest BCUT2D eigenvalue weighted by Gasteiger charge is -2.15. The Morgan fingerprint density at radius 1 is 1.12 bits per heavy atom. The minimum Gasteiger partial charge on any atom is -0.483 e. The van der Waals surface area contributed by atoms with Crippen molar-refractivity contribution in [3.05, 3.63) is 59.2 Å². The number of nitrogens with one attached hydrogen (secondary N) is 2. The highest BCUT2D eigenvalue weighted by Gasteiger charge is 2.10. The number of carbonyl (C=O) groups excluding carboxylic acids is 2. The van der Waals surface area contributed by atoms with E-state index in [1.165, 1.54) is 0 Å². The fourth-order valence-corrected chi connectivity index (χ4v) is 2.49. The van der Waals surface area contributed by atoms with Gasteiger partial charge in [-0.1, -0.05) is 38.1 Å². The summed E-state index contributed by atoms with van der Waals surface area (Å²) < 4.78 is 5.72. The molecule has 6 heteroatoms. The van der Waals surface area contributed by atoms with E-state index in [0.717, 1.165) is 22.4 Å². The Labute approximate surface area is 153 Å². The van der Waals surface area contributed by atoms with Gasteiger partial charge in [-0.2, -0.15) is 0 Å². The number of benzene rings is 2. The number of anilines is 1. The van der Waals surface area contributed by atoms with Gasteiger partial charge in [0.25, 0.3) is 5.91 Å². The van der Waals surface area contributed by atoms with Crippen LogP contribution in [0.1, 0.15) is 36.5 Å². The summed E-state index contributed by atoms with van der Waals surface area (Å²) in [6, 6.07) is 12.5. The second-order valence-electron chi connectivity index (χ2n) is 6.45. The molecular formula is C20H25N3O3. The van der Waals surface area contributed by atoms with Crippen molar-refractivity contribution in [2.45, 2.75) is 33.2 Å². The summed E-state index contributed by atoms with van der Waals surface area (Å²) in [4.78, 5) is 22.8. The van der Waals surface area contributed by atoms with Gasteiger partial charge in [0.15, 0.2) is 6.61 Å². The Kier molecular flexibility index (Phi) is 6.60. The second kappa shape index (κ2) is 8.89. The first kappa shape index (κ1) is 19.3. The Morgan fingerprint density at radius 2 is 1.81 bits per heavy atom. The summed E-state index contributed by atoms with van der Waals surface area (Å²) in [5.74, 6) is 0.874. The van der Waals surface area contributed by atoms with Gasteiger partial charge >= 0.3 is 6.03 Å². The van der Waals surface area contributed by atoms with Crippen LogP contribution in [0.2, 0.25) is 0 Å². The van der Waals surface area contributed by atoms with Crippen LogP contribution in [0.3, 0.4) is 0 Å². The predicted molar refractivity (Wildman–Crippen MR) is 102 cm³/mol. The van der Waals surface area contributed by atoms with Crippen LogP contribution in [0.15, 0.2) is 42.5 Å². The molecule has 138 valence electrons. The largest absolute Gasteiger partial charge is 0.483 e. The molecule has 0 spiro atoms. The lowest BCUT2D eigenvalue weighted by atomic mass is 10.0. The maximum atomic E-state index is 12.1. The van der Waals surface area contributed by atoms with Crippen LogP contribution < -0.4 is 21.1 Å². The van der Waals surface area contributed by atoms with Crippen molar-refractivity contribution in [3.63, 3.8) is 0 Å². The van der Waals surface area contributed by atoms with Crippen molar-refractivity contribution >= 4 is 17.6 Å². The predicted octanol–water partition coefficient (Wildman–Crippen LogP) is 3.30. The lowest BCUT2D eigenvalue weighted by molar-refractivity contribution is -0.123. The number of aryl methyl sites for hydroxylation is 1. The smallest absolute Gasteiger partial charge is 0.316 e. The number of hydrogen-bond acceptors (Lipinski definition) is 3. The molecule has 6 nitrogen and oxygen atoms in total. The summed E-state index contributed by atoms with van der Waals surface area (Å²) in [6.45, 7) is 6.52. The lowest BCUT2D eigenvalue weighted by Crippen LogP contribution is -2.28. The van der Waals surface area contributed by atoms with Gasteiger partial charge in [0.05, 0.1) is 0 Å². The molecule has 0 fully saturated rings. The van der Waals surface area contributed by atoms with Gasteiger partial charge in [-0.25, -0.2) is 4.79 Å². The molecule has 0 bridgehead atoms. The third-order valence-corrected chi connectivity index (χ3v) is 3.86. The average Bonchev–Trinajstić information content (AvgIpc) is 2.58. The van der Waals surface area contributed by atoms with Gasteiger partial charge in [-0.05, 0) is 47.7 Å². The zero-order valence-corrected chi connectivity index (χ0v) is 15.3. The SMILES string of the molecule is Cc1ccc(C(C)C)c(OCC(=O)NCc2ccc(NC(N)=O)cc2)c1. The Morgan fingerprint density at radius 3 is 2.42 bits per heavy atom. The van der Waals surface area contributed by atoms with Crippen LogP contribution in [0.4, 0.5) is 10.5 Å². The summed E-state index contributed by atoms with van der Waals surface area (Å²) in [5.41, 5.74) is 8.75. The van der Waals surface area contributed by atoms with Gasteiger partial charge in [0.1, 0.15) is 5.75 Å². The summed E-state index contributed by atoms with van der Waals surface area (Å²) >= 11 is 0. The van der Waals surface area contributed by atoms with Crippen molar-refractivity contribution in [1.82, 2.24) is 5.32 Å². The van der Waals surface area contributed by atoms with Gasteiger partial charge in [0, 0.05) is 12.2 Å². The molecule has 0 heterocycles. The van der Waals surface area contributed by atoms with Crippen LogP contribution >= 0.6 is 0 Å². The molecular weight excluding hydrogens is 330 g/mol. The molecule has 0 unspecified atom stereocenters. The number of amides is 3. The van der Waals surface area contributed by atoms with Crippen LogP contribution in [-0.4, -0.2) is 18.5 Å². The summed E-state index contributed by atoms with van der Waals surface area (Å²) in [5, 5.41) is 5.30. The van der Waals surface area contributed by atoms with E-state index in [1.807, 2.05) is 37.3 Å². The van der Waals surface area contributed by atoms with E-state index in [2.05, 4.69) is 24.5 Å². The summed E-state index contributed by atoms with van der Waals surface area (Å²) in [6.07, 6.45) is 0. The minimum absolute atomic E-state index is 0.0372. The van der Waals surface area contributed by atoms with Crippen LogP contribution in [0, 0.1) is 6.92 Å². The first-order valence-electron chi connectivity index (χ1n) is 8.50. The number of carbonyl (C=O) groups is 2. The molecule has 0 aliphatic carbocycles. The normalized spacial score (nSPS) is 10.5. The second-order valence-corrected chi connectivity index (χ2v) is 6.45. The molecule has 0 aromatic heterocycles. The van der Waals surface area contributed by atoms with Crippen LogP contribution in [0.5, 0.6) is 5.75 Å². The van der Waals surface area contributed by atoms with Crippen molar-refractivity contribution in [1.29, 1.82) is 0 Å².